The summed E-state index contributed by atoms with van der Waals surface area (Å²) in [6.07, 6.45) is 7.85. The molecule has 0 aliphatic carbocycles. The molecule has 0 aliphatic heterocycles. The van der Waals surface area contributed by atoms with Crippen molar-refractivity contribution in [2.75, 3.05) is 0 Å². The lowest BCUT2D eigenvalue weighted by Crippen LogP contribution is -2.30. The summed E-state index contributed by atoms with van der Waals surface area (Å²) >= 11 is 0. The van der Waals surface area contributed by atoms with Gasteiger partial charge in [0.25, 0.3) is 0 Å². The van der Waals surface area contributed by atoms with Crippen LogP contribution in [0.15, 0.2) is 24.8 Å². The van der Waals surface area contributed by atoms with E-state index >= 15 is 0 Å². The van der Waals surface area contributed by atoms with Gasteiger partial charge in [0.05, 0.1) is 18.9 Å². The van der Waals surface area contributed by atoms with Gasteiger partial charge in [0.2, 0.25) is 0 Å². The molecule has 1 atom stereocenters. The van der Waals surface area contributed by atoms with E-state index in [1.165, 1.54) is 11.1 Å². The van der Waals surface area contributed by atoms with Gasteiger partial charge >= 0.3 is 0 Å². The minimum absolute atomic E-state index is 0.384. The van der Waals surface area contributed by atoms with E-state index in [0.29, 0.717) is 6.04 Å². The van der Waals surface area contributed by atoms with Crippen molar-refractivity contribution in [3.8, 4) is 0 Å². The average Bonchev–Trinajstić information content (AvgIpc) is 2.85. The first-order valence-electron chi connectivity index (χ1n) is 5.83. The zero-order chi connectivity index (χ0) is 12.3. The summed E-state index contributed by atoms with van der Waals surface area (Å²) in [7, 11) is 1.93. The number of nitrogens with zero attached hydrogens (tertiary/aromatic N) is 4. The van der Waals surface area contributed by atoms with Gasteiger partial charge in [-0.2, -0.15) is 10.2 Å². The molecule has 1 unspecified atom stereocenters. The maximum Gasteiger partial charge on any atom is 0.0560 e. The Bertz CT molecular complexity index is 471. The molecule has 1 N–H and O–H groups in total. The van der Waals surface area contributed by atoms with Crippen LogP contribution < -0.4 is 5.32 Å². The summed E-state index contributed by atoms with van der Waals surface area (Å²) in [4.78, 5) is 0. The monoisotopic (exact) mass is 233 g/mol. The van der Waals surface area contributed by atoms with Crippen molar-refractivity contribution in [1.29, 1.82) is 0 Å². The van der Waals surface area contributed by atoms with E-state index in [2.05, 4.69) is 35.6 Å². The highest BCUT2D eigenvalue weighted by molar-refractivity contribution is 5.03. The van der Waals surface area contributed by atoms with E-state index in [0.717, 1.165) is 13.1 Å². The molecule has 2 aromatic heterocycles. The Morgan fingerprint density at radius 1 is 1.29 bits per heavy atom. The van der Waals surface area contributed by atoms with Crippen LogP contribution in [0.5, 0.6) is 0 Å². The maximum absolute atomic E-state index is 4.28. The molecule has 0 amide bonds. The number of rotatable bonds is 5. The Kier molecular flexibility index (Phi) is 3.58. The quantitative estimate of drug-likeness (QED) is 0.841. The van der Waals surface area contributed by atoms with Gasteiger partial charge in [-0.15, -0.1) is 0 Å². The van der Waals surface area contributed by atoms with Crippen molar-refractivity contribution < 1.29 is 0 Å². The fourth-order valence-corrected chi connectivity index (χ4v) is 1.77. The van der Waals surface area contributed by atoms with E-state index in [-0.39, 0.29) is 0 Å². The largest absolute Gasteiger partial charge is 0.308 e. The minimum atomic E-state index is 0.384. The SMILES string of the molecule is Cc1cnn(CC(C)NCc2cnn(C)c2)c1. The van der Waals surface area contributed by atoms with Crippen LogP contribution in [0, 0.1) is 6.92 Å². The van der Waals surface area contributed by atoms with Crippen molar-refractivity contribution in [1.82, 2.24) is 24.9 Å². The summed E-state index contributed by atoms with van der Waals surface area (Å²) in [6, 6.07) is 0.384. The first-order valence-corrected chi connectivity index (χ1v) is 5.83. The van der Waals surface area contributed by atoms with Gasteiger partial charge in [-0.1, -0.05) is 0 Å². The summed E-state index contributed by atoms with van der Waals surface area (Å²) < 4.78 is 3.79. The van der Waals surface area contributed by atoms with Gasteiger partial charge in [-0.3, -0.25) is 9.36 Å². The van der Waals surface area contributed by atoms with E-state index in [1.807, 2.05) is 35.0 Å². The van der Waals surface area contributed by atoms with Crippen LogP contribution in [-0.2, 0) is 20.1 Å². The zero-order valence-corrected chi connectivity index (χ0v) is 10.6. The van der Waals surface area contributed by atoms with Gasteiger partial charge in [0, 0.05) is 37.6 Å². The molecule has 0 spiro atoms. The molecular formula is C12H19N5. The van der Waals surface area contributed by atoms with Gasteiger partial charge in [-0.05, 0) is 19.4 Å². The van der Waals surface area contributed by atoms with Gasteiger partial charge in [0.1, 0.15) is 0 Å². The van der Waals surface area contributed by atoms with Crippen LogP contribution in [0.4, 0.5) is 0 Å². The normalized spacial score (nSPS) is 12.9. The Morgan fingerprint density at radius 2 is 2.12 bits per heavy atom. The number of hydrogen-bond donors (Lipinski definition) is 1. The molecule has 0 radical (unpaired) electrons. The van der Waals surface area contributed by atoms with Crippen LogP contribution in [0.1, 0.15) is 18.1 Å². The Labute approximate surface area is 101 Å². The van der Waals surface area contributed by atoms with E-state index in [9.17, 15) is 0 Å². The van der Waals surface area contributed by atoms with Crippen molar-refractivity contribution in [3.63, 3.8) is 0 Å². The molecule has 0 aliphatic rings. The summed E-state index contributed by atoms with van der Waals surface area (Å²) in [5.41, 5.74) is 2.40. The fourth-order valence-electron chi connectivity index (χ4n) is 1.77. The van der Waals surface area contributed by atoms with Gasteiger partial charge < -0.3 is 5.32 Å². The Morgan fingerprint density at radius 3 is 2.71 bits per heavy atom. The van der Waals surface area contributed by atoms with Crippen LogP contribution in [-0.4, -0.2) is 25.6 Å². The first-order chi connectivity index (χ1) is 8.13. The van der Waals surface area contributed by atoms with Crippen molar-refractivity contribution in [2.24, 2.45) is 7.05 Å². The lowest BCUT2D eigenvalue weighted by Gasteiger charge is -2.12. The summed E-state index contributed by atoms with van der Waals surface area (Å²) in [5, 5.41) is 11.9. The van der Waals surface area contributed by atoms with E-state index in [4.69, 9.17) is 0 Å². The fraction of sp³-hybridized carbons (Fsp3) is 0.500. The molecule has 0 saturated heterocycles. The Balaban J connectivity index is 1.79. The van der Waals surface area contributed by atoms with Crippen LogP contribution in [0.25, 0.3) is 0 Å². The second-order valence-electron chi connectivity index (χ2n) is 4.54. The molecule has 2 rings (SSSR count). The molecule has 17 heavy (non-hydrogen) atoms. The van der Waals surface area contributed by atoms with Gasteiger partial charge in [-0.25, -0.2) is 0 Å². The van der Waals surface area contributed by atoms with E-state index in [1.54, 1.807) is 0 Å². The Hall–Kier alpha value is -1.62. The predicted octanol–water partition coefficient (Wildman–Crippen LogP) is 1.10. The number of hydrogen-bond acceptors (Lipinski definition) is 3. The van der Waals surface area contributed by atoms with Crippen molar-refractivity contribution >= 4 is 0 Å². The standard InChI is InChI=1S/C12H19N5/c1-10-4-15-17(7-10)8-11(2)13-5-12-6-14-16(3)9-12/h4,6-7,9,11,13H,5,8H2,1-3H3. The first kappa shape index (κ1) is 11.9. The highest BCUT2D eigenvalue weighted by Gasteiger charge is 2.04. The van der Waals surface area contributed by atoms with Crippen LogP contribution in [0.3, 0.4) is 0 Å². The van der Waals surface area contributed by atoms with E-state index < -0.39 is 0 Å². The highest BCUT2D eigenvalue weighted by atomic mass is 15.3. The third kappa shape index (κ3) is 3.42. The lowest BCUT2D eigenvalue weighted by atomic mass is 10.3. The highest BCUT2D eigenvalue weighted by Crippen LogP contribution is 1.99. The van der Waals surface area contributed by atoms with Crippen molar-refractivity contribution in [2.45, 2.75) is 33.0 Å². The van der Waals surface area contributed by atoms with Gasteiger partial charge in [0.15, 0.2) is 0 Å². The second kappa shape index (κ2) is 5.14. The average molecular weight is 233 g/mol. The number of aromatic nitrogens is 4. The number of nitrogens with one attached hydrogen (secondary N) is 1. The minimum Gasteiger partial charge on any atom is -0.308 e. The van der Waals surface area contributed by atoms with Crippen LogP contribution >= 0.6 is 0 Å². The molecule has 5 heteroatoms. The predicted molar refractivity (Wildman–Crippen MR) is 66.5 cm³/mol. The summed E-state index contributed by atoms with van der Waals surface area (Å²) in [6.45, 7) is 5.94. The molecule has 0 fully saturated rings. The third-order valence-corrected chi connectivity index (χ3v) is 2.64. The molecule has 0 bridgehead atoms. The maximum atomic E-state index is 4.28. The van der Waals surface area contributed by atoms with Crippen LogP contribution in [0.2, 0.25) is 0 Å². The molecule has 2 heterocycles. The zero-order valence-electron chi connectivity index (χ0n) is 10.6. The smallest absolute Gasteiger partial charge is 0.0560 e. The second-order valence-corrected chi connectivity index (χ2v) is 4.54. The number of aryl methyl sites for hydroxylation is 2. The molecular weight excluding hydrogens is 214 g/mol. The summed E-state index contributed by atoms with van der Waals surface area (Å²) in [5.74, 6) is 0. The lowest BCUT2D eigenvalue weighted by molar-refractivity contribution is 0.450. The molecule has 5 nitrogen and oxygen atoms in total. The topological polar surface area (TPSA) is 47.7 Å². The van der Waals surface area contributed by atoms with Crippen molar-refractivity contribution in [3.05, 3.63) is 35.9 Å². The molecule has 0 aromatic carbocycles. The molecule has 0 saturated carbocycles. The molecule has 2 aromatic rings. The molecule has 92 valence electrons. The third-order valence-electron chi connectivity index (χ3n) is 2.64.